The first kappa shape index (κ1) is 31.6. The molecule has 10 nitrogen and oxygen atoms in total. The standard InChI is InChI=1S/C32H41NO9/c1-19(2)22-13-15-23(16-14-22)29(37)33-24(17-20-9-5-3-6-10-20)30(38)42-32-27(36)25(34)26(35)28(41-32)31(39)40-18-21-11-7-4-8-12-21/h3-12,19,22-28,32,34-36H,13-18H2,1-2H3,(H,33,37)/t22?,23?,24-,25+,26+,27+,28+,32+/m1/s1. The van der Waals surface area contributed by atoms with Gasteiger partial charge in [-0.25, -0.2) is 9.59 Å². The maximum absolute atomic E-state index is 13.4. The Kier molecular flexibility index (Phi) is 11.1. The maximum Gasteiger partial charge on any atom is 0.338 e. The second kappa shape index (κ2) is 14.7. The number of aliphatic hydroxyl groups is 3. The van der Waals surface area contributed by atoms with E-state index in [0.29, 0.717) is 17.4 Å². The van der Waals surface area contributed by atoms with E-state index in [1.54, 1.807) is 30.3 Å². The van der Waals surface area contributed by atoms with Gasteiger partial charge in [0.1, 0.15) is 31.0 Å². The van der Waals surface area contributed by atoms with Crippen molar-refractivity contribution in [2.24, 2.45) is 17.8 Å². The first-order valence-electron chi connectivity index (χ1n) is 14.6. The summed E-state index contributed by atoms with van der Waals surface area (Å²) in [6.07, 6.45) is -5.59. The minimum Gasteiger partial charge on any atom is -0.459 e. The van der Waals surface area contributed by atoms with Crippen LogP contribution < -0.4 is 5.32 Å². The molecule has 0 unspecified atom stereocenters. The lowest BCUT2D eigenvalue weighted by Crippen LogP contribution is -2.61. The summed E-state index contributed by atoms with van der Waals surface area (Å²) in [6.45, 7) is 4.25. The number of ether oxygens (including phenoxy) is 3. The highest BCUT2D eigenvalue weighted by atomic mass is 16.7. The molecule has 2 aliphatic rings. The predicted molar refractivity (Wildman–Crippen MR) is 151 cm³/mol. The number of carbonyl (C=O) groups is 3. The zero-order valence-electron chi connectivity index (χ0n) is 24.0. The van der Waals surface area contributed by atoms with Crippen LogP contribution in [-0.4, -0.2) is 69.9 Å². The SMILES string of the molecule is CC(C)C1CCC(C(=O)N[C@H](Cc2ccccc2)C(=O)O[C@@H]2O[C@H](C(=O)OCc3ccccc3)[C@@H](O)[C@H](O)[C@@H]2O)CC1. The van der Waals surface area contributed by atoms with Crippen molar-refractivity contribution < 1.29 is 43.9 Å². The van der Waals surface area contributed by atoms with Crippen LogP contribution in [0.4, 0.5) is 0 Å². The first-order valence-corrected chi connectivity index (χ1v) is 14.6. The minimum absolute atomic E-state index is 0.111. The van der Waals surface area contributed by atoms with Gasteiger partial charge in [-0.3, -0.25) is 4.79 Å². The zero-order chi connectivity index (χ0) is 30.2. The molecule has 2 aromatic carbocycles. The third-order valence-electron chi connectivity index (χ3n) is 8.23. The van der Waals surface area contributed by atoms with Crippen LogP contribution in [0.3, 0.4) is 0 Å². The van der Waals surface area contributed by atoms with E-state index in [0.717, 1.165) is 31.2 Å². The normalized spacial score (nSPS) is 28.5. The predicted octanol–water partition coefficient (Wildman–Crippen LogP) is 2.27. The van der Waals surface area contributed by atoms with Gasteiger partial charge in [-0.05, 0) is 48.6 Å². The molecule has 10 heteroatoms. The first-order chi connectivity index (χ1) is 20.1. The molecule has 42 heavy (non-hydrogen) atoms. The summed E-state index contributed by atoms with van der Waals surface area (Å²) in [6, 6.07) is 16.8. The molecule has 228 valence electrons. The highest BCUT2D eigenvalue weighted by Gasteiger charge is 2.49. The van der Waals surface area contributed by atoms with Crippen LogP contribution in [0.2, 0.25) is 0 Å². The van der Waals surface area contributed by atoms with Crippen molar-refractivity contribution >= 4 is 17.8 Å². The molecule has 0 spiro atoms. The number of hydrogen-bond acceptors (Lipinski definition) is 9. The van der Waals surface area contributed by atoms with E-state index in [-0.39, 0.29) is 24.9 Å². The number of amides is 1. The Morgan fingerprint density at radius 2 is 1.45 bits per heavy atom. The van der Waals surface area contributed by atoms with E-state index < -0.39 is 48.7 Å². The highest BCUT2D eigenvalue weighted by molar-refractivity contribution is 5.86. The van der Waals surface area contributed by atoms with Gasteiger partial charge < -0.3 is 34.8 Å². The summed E-state index contributed by atoms with van der Waals surface area (Å²) in [5.41, 5.74) is 1.46. The molecule has 2 fully saturated rings. The summed E-state index contributed by atoms with van der Waals surface area (Å²) in [7, 11) is 0. The van der Waals surface area contributed by atoms with Crippen LogP contribution in [0, 0.1) is 17.8 Å². The molecular formula is C32H41NO9. The molecule has 0 bridgehead atoms. The summed E-state index contributed by atoms with van der Waals surface area (Å²) in [4.78, 5) is 39.4. The molecule has 0 aromatic heterocycles. The Bertz CT molecular complexity index is 1170. The van der Waals surface area contributed by atoms with Gasteiger partial charge in [0.15, 0.2) is 6.10 Å². The van der Waals surface area contributed by atoms with Crippen LogP contribution in [0.1, 0.15) is 50.7 Å². The Morgan fingerprint density at radius 1 is 0.857 bits per heavy atom. The molecule has 1 heterocycles. The van der Waals surface area contributed by atoms with E-state index in [1.807, 2.05) is 30.3 Å². The summed E-state index contributed by atoms with van der Waals surface area (Å²) in [5, 5.41) is 34.2. The quantitative estimate of drug-likeness (QED) is 0.309. The molecule has 1 saturated carbocycles. The van der Waals surface area contributed by atoms with Crippen molar-refractivity contribution in [3.63, 3.8) is 0 Å². The van der Waals surface area contributed by atoms with Crippen LogP contribution in [0.25, 0.3) is 0 Å². The molecule has 6 atom stereocenters. The van der Waals surface area contributed by atoms with Crippen molar-refractivity contribution in [1.29, 1.82) is 0 Å². The number of rotatable bonds is 10. The average Bonchev–Trinajstić information content (AvgIpc) is 3.00. The second-order valence-electron chi connectivity index (χ2n) is 11.5. The fourth-order valence-corrected chi connectivity index (χ4v) is 5.53. The number of benzene rings is 2. The largest absolute Gasteiger partial charge is 0.459 e. The van der Waals surface area contributed by atoms with Gasteiger partial charge in [-0.15, -0.1) is 0 Å². The molecule has 4 N–H and O–H groups in total. The van der Waals surface area contributed by atoms with Crippen LogP contribution in [0.15, 0.2) is 60.7 Å². The molecule has 4 rings (SSSR count). The van der Waals surface area contributed by atoms with Crippen molar-refractivity contribution in [2.75, 3.05) is 0 Å². The lowest BCUT2D eigenvalue weighted by atomic mass is 9.76. The van der Waals surface area contributed by atoms with Gasteiger partial charge in [0, 0.05) is 12.3 Å². The molecule has 1 amide bonds. The molecule has 2 aromatic rings. The van der Waals surface area contributed by atoms with Gasteiger partial charge in [0.2, 0.25) is 12.2 Å². The van der Waals surface area contributed by atoms with Crippen molar-refractivity contribution in [3.8, 4) is 0 Å². The number of hydrogen-bond donors (Lipinski definition) is 4. The molecular weight excluding hydrogens is 542 g/mol. The van der Waals surface area contributed by atoms with Crippen molar-refractivity contribution in [1.82, 2.24) is 5.32 Å². The van der Waals surface area contributed by atoms with Crippen LogP contribution in [-0.2, 0) is 41.6 Å². The highest BCUT2D eigenvalue weighted by Crippen LogP contribution is 2.33. The molecule has 1 aliphatic carbocycles. The summed E-state index contributed by atoms with van der Waals surface area (Å²) in [5.74, 6) is -1.28. The van der Waals surface area contributed by atoms with Gasteiger partial charge >= 0.3 is 11.9 Å². The smallest absolute Gasteiger partial charge is 0.338 e. The Morgan fingerprint density at radius 3 is 2.05 bits per heavy atom. The molecule has 0 radical (unpaired) electrons. The average molecular weight is 584 g/mol. The lowest BCUT2D eigenvalue weighted by Gasteiger charge is -2.39. The summed E-state index contributed by atoms with van der Waals surface area (Å²) < 4.78 is 16.1. The number of esters is 2. The number of nitrogens with one attached hydrogen (secondary N) is 1. The topological polar surface area (TPSA) is 152 Å². The molecule has 1 saturated heterocycles. The van der Waals surface area contributed by atoms with E-state index >= 15 is 0 Å². The third kappa shape index (κ3) is 8.16. The van der Waals surface area contributed by atoms with Crippen LogP contribution >= 0.6 is 0 Å². The summed E-state index contributed by atoms with van der Waals surface area (Å²) >= 11 is 0. The van der Waals surface area contributed by atoms with Crippen LogP contribution in [0.5, 0.6) is 0 Å². The lowest BCUT2D eigenvalue weighted by molar-refractivity contribution is -0.288. The minimum atomic E-state index is -1.86. The van der Waals surface area contributed by atoms with E-state index in [1.165, 1.54) is 0 Å². The second-order valence-corrected chi connectivity index (χ2v) is 11.5. The van der Waals surface area contributed by atoms with Gasteiger partial charge in [-0.2, -0.15) is 0 Å². The molecule has 1 aliphatic heterocycles. The Hall–Kier alpha value is -3.31. The van der Waals surface area contributed by atoms with E-state index in [9.17, 15) is 29.7 Å². The Labute approximate surface area is 246 Å². The van der Waals surface area contributed by atoms with Gasteiger partial charge in [0.25, 0.3) is 0 Å². The fraction of sp³-hybridized carbons (Fsp3) is 0.531. The van der Waals surface area contributed by atoms with Gasteiger partial charge in [-0.1, -0.05) is 74.5 Å². The van der Waals surface area contributed by atoms with E-state index in [2.05, 4.69) is 19.2 Å². The number of carbonyl (C=O) groups excluding carboxylic acids is 3. The van der Waals surface area contributed by atoms with Crippen molar-refractivity contribution in [2.45, 2.75) is 89.3 Å². The zero-order valence-corrected chi connectivity index (χ0v) is 24.0. The number of aliphatic hydroxyl groups excluding tert-OH is 3. The Balaban J connectivity index is 1.43. The van der Waals surface area contributed by atoms with E-state index in [4.69, 9.17) is 14.2 Å². The third-order valence-corrected chi connectivity index (χ3v) is 8.23. The monoisotopic (exact) mass is 583 g/mol. The van der Waals surface area contributed by atoms with Crippen molar-refractivity contribution in [3.05, 3.63) is 71.8 Å². The fourth-order valence-electron chi connectivity index (χ4n) is 5.53. The maximum atomic E-state index is 13.4. The van der Waals surface area contributed by atoms with Gasteiger partial charge in [0.05, 0.1) is 0 Å².